The molecule has 0 amide bonds. The van der Waals surface area contributed by atoms with Gasteiger partial charge in [-0.1, -0.05) is 25.7 Å². The molecule has 0 aliphatic heterocycles. The molecule has 16 heavy (non-hydrogen) atoms. The normalized spacial score (nSPS) is 17.8. The second kappa shape index (κ2) is 7.09. The van der Waals surface area contributed by atoms with E-state index in [0.717, 1.165) is 6.54 Å². The lowest BCUT2D eigenvalue weighted by Crippen LogP contribution is -2.27. The lowest BCUT2D eigenvalue weighted by Gasteiger charge is -2.14. The quantitative estimate of drug-likeness (QED) is 0.823. The van der Waals surface area contributed by atoms with Gasteiger partial charge in [-0.2, -0.15) is 0 Å². The Kier molecular flexibility index (Phi) is 6.09. The molecule has 3 N–H and O–H groups in total. The molecule has 1 aliphatic rings. The van der Waals surface area contributed by atoms with Gasteiger partial charge < -0.3 is 11.1 Å². The summed E-state index contributed by atoms with van der Waals surface area (Å²) in [5.74, 6) is 0. The van der Waals surface area contributed by atoms with E-state index in [0.29, 0.717) is 11.2 Å². The van der Waals surface area contributed by atoms with Crippen LogP contribution in [0.4, 0.5) is 5.13 Å². The van der Waals surface area contributed by atoms with Crippen molar-refractivity contribution in [1.82, 2.24) is 10.3 Å². The predicted molar refractivity (Wildman–Crippen MR) is 72.1 cm³/mol. The summed E-state index contributed by atoms with van der Waals surface area (Å²) >= 11 is 1.59. The summed E-state index contributed by atoms with van der Waals surface area (Å²) in [4.78, 5) is 5.30. The molecule has 0 radical (unpaired) electrons. The van der Waals surface area contributed by atoms with Gasteiger partial charge in [0.15, 0.2) is 5.13 Å². The van der Waals surface area contributed by atoms with E-state index in [1.54, 1.807) is 11.3 Å². The highest BCUT2D eigenvalue weighted by atomic mass is 35.5. The van der Waals surface area contributed by atoms with Crippen molar-refractivity contribution in [2.24, 2.45) is 0 Å². The van der Waals surface area contributed by atoms with Crippen molar-refractivity contribution in [1.29, 1.82) is 0 Å². The predicted octanol–water partition coefficient (Wildman–Crippen LogP) is 2.96. The van der Waals surface area contributed by atoms with Crippen molar-refractivity contribution in [3.63, 3.8) is 0 Å². The third kappa shape index (κ3) is 4.28. The maximum Gasteiger partial charge on any atom is 0.180 e. The lowest BCUT2D eigenvalue weighted by atomic mass is 10.1. The van der Waals surface area contributed by atoms with Gasteiger partial charge in [-0.05, 0) is 12.8 Å². The molecule has 0 spiro atoms. The maximum atomic E-state index is 5.59. The Hall–Kier alpha value is -0.320. The molecule has 0 unspecified atom stereocenters. The zero-order chi connectivity index (χ0) is 10.5. The van der Waals surface area contributed by atoms with Crippen molar-refractivity contribution < 1.29 is 0 Å². The molecule has 1 aromatic heterocycles. The Morgan fingerprint density at radius 1 is 1.31 bits per heavy atom. The molecule has 0 bridgehead atoms. The number of nitrogens with two attached hydrogens (primary N) is 1. The molecular formula is C11H20ClN3S. The third-order valence-corrected chi connectivity index (χ3v) is 3.82. The number of nitrogens with zero attached hydrogens (tertiary/aromatic N) is 1. The number of nitrogen functional groups attached to an aromatic ring is 1. The SMILES string of the molecule is Cl.Nc1ncc(CNC2CCCCCC2)s1. The number of hydrogen-bond acceptors (Lipinski definition) is 4. The molecule has 0 aromatic carbocycles. The number of rotatable bonds is 3. The van der Waals surface area contributed by atoms with Crippen LogP contribution in [-0.2, 0) is 6.54 Å². The molecule has 5 heteroatoms. The summed E-state index contributed by atoms with van der Waals surface area (Å²) in [7, 11) is 0. The molecule has 0 atom stereocenters. The Labute approximate surface area is 107 Å². The topological polar surface area (TPSA) is 50.9 Å². The minimum absolute atomic E-state index is 0. The van der Waals surface area contributed by atoms with Crippen LogP contribution in [0.2, 0.25) is 0 Å². The Morgan fingerprint density at radius 3 is 2.56 bits per heavy atom. The van der Waals surface area contributed by atoms with Crippen molar-refractivity contribution in [3.8, 4) is 0 Å². The van der Waals surface area contributed by atoms with E-state index in [1.165, 1.54) is 43.4 Å². The molecule has 92 valence electrons. The molecule has 0 saturated heterocycles. The Bertz CT molecular complexity index is 295. The molecular weight excluding hydrogens is 242 g/mol. The van der Waals surface area contributed by atoms with Gasteiger partial charge in [0.25, 0.3) is 0 Å². The van der Waals surface area contributed by atoms with Crippen molar-refractivity contribution >= 4 is 28.9 Å². The van der Waals surface area contributed by atoms with Gasteiger partial charge in [0, 0.05) is 23.7 Å². The zero-order valence-electron chi connectivity index (χ0n) is 9.45. The monoisotopic (exact) mass is 261 g/mol. The second-order valence-corrected chi connectivity index (χ2v) is 5.38. The Morgan fingerprint density at radius 2 is 2.00 bits per heavy atom. The summed E-state index contributed by atoms with van der Waals surface area (Å²) in [6, 6.07) is 0.704. The first-order chi connectivity index (χ1) is 7.34. The van der Waals surface area contributed by atoms with Gasteiger partial charge in [0.05, 0.1) is 0 Å². The summed E-state index contributed by atoms with van der Waals surface area (Å²) in [6.07, 6.45) is 10.1. The molecule has 3 nitrogen and oxygen atoms in total. The minimum Gasteiger partial charge on any atom is -0.375 e. The Balaban J connectivity index is 0.00000128. The number of thiazole rings is 1. The number of nitrogens with one attached hydrogen (secondary N) is 1. The zero-order valence-corrected chi connectivity index (χ0v) is 11.1. The summed E-state index contributed by atoms with van der Waals surface area (Å²) in [6.45, 7) is 0.930. The third-order valence-electron chi connectivity index (χ3n) is 2.99. The van der Waals surface area contributed by atoms with Gasteiger partial charge in [-0.25, -0.2) is 4.98 Å². The van der Waals surface area contributed by atoms with Gasteiger partial charge in [0.2, 0.25) is 0 Å². The second-order valence-electron chi connectivity index (χ2n) is 4.23. The first-order valence-corrected chi connectivity index (χ1v) is 6.60. The lowest BCUT2D eigenvalue weighted by molar-refractivity contribution is 0.461. The number of aromatic nitrogens is 1. The smallest absolute Gasteiger partial charge is 0.180 e. The highest BCUT2D eigenvalue weighted by Crippen LogP contribution is 2.19. The van der Waals surface area contributed by atoms with Gasteiger partial charge in [-0.3, -0.25) is 0 Å². The van der Waals surface area contributed by atoms with Crippen LogP contribution in [0.5, 0.6) is 0 Å². The minimum atomic E-state index is 0. The molecule has 1 saturated carbocycles. The van der Waals surface area contributed by atoms with E-state index in [1.807, 2.05) is 6.20 Å². The van der Waals surface area contributed by atoms with Gasteiger partial charge in [-0.15, -0.1) is 23.7 Å². The van der Waals surface area contributed by atoms with Crippen molar-refractivity contribution in [2.75, 3.05) is 5.73 Å². The molecule has 1 fully saturated rings. The van der Waals surface area contributed by atoms with Crippen molar-refractivity contribution in [2.45, 2.75) is 51.1 Å². The van der Waals surface area contributed by atoms with Crippen LogP contribution in [0.1, 0.15) is 43.4 Å². The molecule has 2 rings (SSSR count). The number of hydrogen-bond donors (Lipinski definition) is 2. The first kappa shape index (κ1) is 13.7. The van der Waals surface area contributed by atoms with E-state index in [9.17, 15) is 0 Å². The van der Waals surface area contributed by atoms with Crippen LogP contribution in [0.3, 0.4) is 0 Å². The van der Waals surface area contributed by atoms with Crippen LogP contribution in [0.15, 0.2) is 6.20 Å². The molecule has 1 heterocycles. The van der Waals surface area contributed by atoms with Crippen molar-refractivity contribution in [3.05, 3.63) is 11.1 Å². The average molecular weight is 262 g/mol. The van der Waals surface area contributed by atoms with E-state index in [2.05, 4.69) is 10.3 Å². The largest absolute Gasteiger partial charge is 0.375 e. The fourth-order valence-corrected chi connectivity index (χ4v) is 2.77. The maximum absolute atomic E-state index is 5.59. The standard InChI is InChI=1S/C11H19N3S.ClH/c12-11-14-8-10(15-11)7-13-9-5-3-1-2-4-6-9;/h8-9,13H,1-7H2,(H2,12,14);1H. The van der Waals surface area contributed by atoms with Crippen LogP contribution >= 0.6 is 23.7 Å². The average Bonchev–Trinajstić information content (AvgIpc) is 2.52. The molecule has 1 aromatic rings. The van der Waals surface area contributed by atoms with Crippen LogP contribution in [0.25, 0.3) is 0 Å². The number of halogens is 1. The highest BCUT2D eigenvalue weighted by molar-refractivity contribution is 7.15. The first-order valence-electron chi connectivity index (χ1n) is 5.78. The fourth-order valence-electron chi connectivity index (χ4n) is 2.13. The highest BCUT2D eigenvalue weighted by Gasteiger charge is 2.11. The van der Waals surface area contributed by atoms with Crippen LogP contribution in [0, 0.1) is 0 Å². The van der Waals surface area contributed by atoms with E-state index >= 15 is 0 Å². The molecule has 1 aliphatic carbocycles. The van der Waals surface area contributed by atoms with Crippen LogP contribution < -0.4 is 11.1 Å². The van der Waals surface area contributed by atoms with Crippen LogP contribution in [-0.4, -0.2) is 11.0 Å². The van der Waals surface area contributed by atoms with E-state index in [4.69, 9.17) is 5.73 Å². The van der Waals surface area contributed by atoms with E-state index < -0.39 is 0 Å². The van der Waals surface area contributed by atoms with Gasteiger partial charge >= 0.3 is 0 Å². The van der Waals surface area contributed by atoms with Gasteiger partial charge in [0.1, 0.15) is 0 Å². The van der Waals surface area contributed by atoms with E-state index in [-0.39, 0.29) is 12.4 Å². The summed E-state index contributed by atoms with van der Waals surface area (Å²) in [5.41, 5.74) is 5.59. The number of anilines is 1. The fraction of sp³-hybridized carbons (Fsp3) is 0.727. The summed E-state index contributed by atoms with van der Waals surface area (Å²) in [5, 5.41) is 4.28. The summed E-state index contributed by atoms with van der Waals surface area (Å²) < 4.78 is 0.